The van der Waals surface area contributed by atoms with Gasteiger partial charge in [-0.3, -0.25) is 9.59 Å². The average molecular weight is 585 g/mol. The molecule has 1 aliphatic rings. The largest absolute Gasteiger partial charge is 0.326 e. The molecule has 0 saturated heterocycles. The van der Waals surface area contributed by atoms with Crippen LogP contribution in [0, 0.1) is 5.92 Å². The molecular formula is C25H15Cl5N2O2S. The van der Waals surface area contributed by atoms with E-state index in [1.54, 1.807) is 41.7 Å². The number of hydrogen-bond acceptors (Lipinski definition) is 3. The number of amides is 2. The molecule has 2 amide bonds. The second-order valence-electron chi connectivity index (χ2n) is 8.14. The van der Waals surface area contributed by atoms with Crippen molar-refractivity contribution in [3.05, 3.63) is 92.2 Å². The zero-order valence-corrected chi connectivity index (χ0v) is 22.2. The third-order valence-electron chi connectivity index (χ3n) is 5.77. The van der Waals surface area contributed by atoms with Gasteiger partial charge in [0.05, 0.1) is 16.5 Å². The van der Waals surface area contributed by atoms with Gasteiger partial charge in [0.25, 0.3) is 5.91 Å². The minimum atomic E-state index is -1.31. The van der Waals surface area contributed by atoms with Gasteiger partial charge in [-0.25, -0.2) is 0 Å². The lowest BCUT2D eigenvalue weighted by Crippen LogP contribution is -2.18. The lowest BCUT2D eigenvalue weighted by atomic mass is 10.1. The van der Waals surface area contributed by atoms with Crippen molar-refractivity contribution < 1.29 is 9.59 Å². The first-order chi connectivity index (χ1) is 16.6. The van der Waals surface area contributed by atoms with Crippen LogP contribution in [0.15, 0.2) is 66.0 Å². The highest BCUT2D eigenvalue weighted by Gasteiger charge is 2.67. The molecular weight excluding hydrogens is 570 g/mol. The number of thiophene rings is 1. The number of benzene rings is 3. The molecule has 35 heavy (non-hydrogen) atoms. The smallest absolute Gasteiger partial charge is 0.257 e. The molecule has 178 valence electrons. The monoisotopic (exact) mass is 582 g/mol. The molecule has 2 atom stereocenters. The summed E-state index contributed by atoms with van der Waals surface area (Å²) in [7, 11) is 0. The summed E-state index contributed by atoms with van der Waals surface area (Å²) in [5.74, 6) is -2.01. The molecule has 1 saturated carbocycles. The number of nitrogens with one attached hydrogen (secondary N) is 2. The SMILES string of the molecule is O=C(Nc1ccc2sccc2c1)c1cc(NC(=O)C2C(c3cc(Cl)cc(Cl)c3)C2(Cl)Cl)ccc1Cl. The molecule has 10 heteroatoms. The van der Waals surface area contributed by atoms with Gasteiger partial charge >= 0.3 is 0 Å². The lowest BCUT2D eigenvalue weighted by Gasteiger charge is -2.10. The fourth-order valence-electron chi connectivity index (χ4n) is 4.06. The van der Waals surface area contributed by atoms with Crippen LogP contribution in [0.4, 0.5) is 11.4 Å². The number of alkyl halides is 2. The summed E-state index contributed by atoms with van der Waals surface area (Å²) in [5, 5.41) is 9.75. The van der Waals surface area contributed by atoms with Gasteiger partial charge in [0, 0.05) is 32.0 Å². The van der Waals surface area contributed by atoms with Crippen molar-refractivity contribution in [1.29, 1.82) is 0 Å². The molecule has 4 aromatic rings. The summed E-state index contributed by atoms with van der Waals surface area (Å²) in [4.78, 5) is 25.9. The fraction of sp³-hybridized carbons (Fsp3) is 0.120. The van der Waals surface area contributed by atoms with E-state index in [1.807, 2.05) is 29.6 Å². The van der Waals surface area contributed by atoms with E-state index in [0.717, 1.165) is 10.1 Å². The highest BCUT2D eigenvalue weighted by atomic mass is 35.5. The van der Waals surface area contributed by atoms with Crippen molar-refractivity contribution in [1.82, 2.24) is 0 Å². The van der Waals surface area contributed by atoms with Crippen molar-refractivity contribution in [3.63, 3.8) is 0 Å². The number of fused-ring (bicyclic) bond motifs is 1. The van der Waals surface area contributed by atoms with Crippen molar-refractivity contribution in [2.45, 2.75) is 10.3 Å². The number of carbonyl (C=O) groups is 2. The van der Waals surface area contributed by atoms with E-state index in [-0.39, 0.29) is 10.6 Å². The topological polar surface area (TPSA) is 58.2 Å². The average Bonchev–Trinajstić information content (AvgIpc) is 3.11. The van der Waals surface area contributed by atoms with E-state index in [1.165, 1.54) is 6.07 Å². The Balaban J connectivity index is 1.33. The minimum Gasteiger partial charge on any atom is -0.326 e. The molecule has 0 radical (unpaired) electrons. The van der Waals surface area contributed by atoms with E-state index in [9.17, 15) is 9.59 Å². The Labute approximate surface area is 230 Å². The maximum Gasteiger partial charge on any atom is 0.257 e. The van der Waals surface area contributed by atoms with Gasteiger partial charge in [0.2, 0.25) is 5.91 Å². The van der Waals surface area contributed by atoms with Gasteiger partial charge in [-0.2, -0.15) is 0 Å². The van der Waals surface area contributed by atoms with Crippen LogP contribution < -0.4 is 10.6 Å². The Kier molecular flexibility index (Phi) is 6.68. The zero-order valence-electron chi connectivity index (χ0n) is 17.6. The molecule has 1 heterocycles. The number of halogens is 5. The van der Waals surface area contributed by atoms with E-state index < -0.39 is 28.0 Å². The maximum atomic E-state index is 13.0. The Morgan fingerprint density at radius 1 is 0.829 bits per heavy atom. The van der Waals surface area contributed by atoms with Crippen LogP contribution >= 0.6 is 69.3 Å². The highest BCUT2D eigenvalue weighted by molar-refractivity contribution is 7.17. The second-order valence-corrected chi connectivity index (χ2v) is 11.8. The zero-order chi connectivity index (χ0) is 24.9. The van der Waals surface area contributed by atoms with Gasteiger partial charge in [0.15, 0.2) is 0 Å². The summed E-state index contributed by atoms with van der Waals surface area (Å²) >= 11 is 33.0. The summed E-state index contributed by atoms with van der Waals surface area (Å²) in [6.45, 7) is 0. The minimum absolute atomic E-state index is 0.215. The molecule has 2 unspecified atom stereocenters. The van der Waals surface area contributed by atoms with Crippen molar-refractivity contribution in [3.8, 4) is 0 Å². The molecule has 1 aliphatic carbocycles. The quantitative estimate of drug-likeness (QED) is 0.231. The molecule has 0 spiro atoms. The second kappa shape index (κ2) is 9.47. The number of rotatable bonds is 5. The molecule has 5 rings (SSSR count). The van der Waals surface area contributed by atoms with Crippen LogP contribution in [-0.4, -0.2) is 16.1 Å². The normalized spacial score (nSPS) is 18.3. The summed E-state index contributed by atoms with van der Waals surface area (Å²) < 4.78 is -0.191. The summed E-state index contributed by atoms with van der Waals surface area (Å²) in [6, 6.07) is 17.3. The Bertz CT molecular complexity index is 1470. The van der Waals surface area contributed by atoms with Crippen LogP contribution in [0.3, 0.4) is 0 Å². The third-order valence-corrected chi connectivity index (χ3v) is 8.37. The van der Waals surface area contributed by atoms with Gasteiger partial charge in [-0.15, -0.1) is 34.5 Å². The van der Waals surface area contributed by atoms with Crippen LogP contribution in [-0.2, 0) is 4.79 Å². The van der Waals surface area contributed by atoms with Crippen LogP contribution in [0.2, 0.25) is 15.1 Å². The molecule has 0 aliphatic heterocycles. The van der Waals surface area contributed by atoms with Gasteiger partial charge in [-0.05, 0) is 77.0 Å². The molecule has 1 aromatic heterocycles. The highest BCUT2D eigenvalue weighted by Crippen LogP contribution is 2.65. The predicted octanol–water partition coefficient (Wildman–Crippen LogP) is 8.64. The van der Waals surface area contributed by atoms with Crippen molar-refractivity contribution in [2.24, 2.45) is 5.92 Å². The maximum absolute atomic E-state index is 13.0. The van der Waals surface area contributed by atoms with Gasteiger partial charge in [0.1, 0.15) is 4.33 Å². The van der Waals surface area contributed by atoms with Crippen molar-refractivity contribution >= 4 is 103 Å². The van der Waals surface area contributed by atoms with Gasteiger partial charge in [-0.1, -0.05) is 34.8 Å². The first-order valence-electron chi connectivity index (χ1n) is 10.4. The van der Waals surface area contributed by atoms with Crippen LogP contribution in [0.1, 0.15) is 21.8 Å². The summed E-state index contributed by atoms with van der Waals surface area (Å²) in [5.41, 5.74) is 1.91. The molecule has 0 bridgehead atoms. The molecule has 4 nitrogen and oxygen atoms in total. The van der Waals surface area contributed by atoms with E-state index >= 15 is 0 Å². The van der Waals surface area contributed by atoms with E-state index in [0.29, 0.717) is 27.0 Å². The Hall–Kier alpha value is -1.99. The predicted molar refractivity (Wildman–Crippen MR) is 147 cm³/mol. The Morgan fingerprint density at radius 2 is 1.51 bits per heavy atom. The van der Waals surface area contributed by atoms with Crippen LogP contribution in [0.5, 0.6) is 0 Å². The fourth-order valence-corrected chi connectivity index (χ4v) is 6.41. The molecule has 2 N–H and O–H groups in total. The number of hydrogen-bond donors (Lipinski definition) is 2. The van der Waals surface area contributed by atoms with Crippen LogP contribution in [0.25, 0.3) is 10.1 Å². The number of carbonyl (C=O) groups excluding carboxylic acids is 2. The molecule has 3 aromatic carbocycles. The standard InChI is InChI=1S/C25H15Cl5N2O2S/c26-14-7-13(8-15(27)10-14)21-22(25(21,29)30)24(34)32-17-1-3-19(28)18(11-17)23(33)31-16-2-4-20-12(9-16)5-6-35-20/h1-11,21-22H,(H,31,33)(H,32,34). The number of anilines is 2. The first kappa shape index (κ1) is 24.7. The third kappa shape index (κ3) is 4.99. The molecule has 1 fully saturated rings. The lowest BCUT2D eigenvalue weighted by molar-refractivity contribution is -0.117. The first-order valence-corrected chi connectivity index (χ1v) is 13.1. The van der Waals surface area contributed by atoms with E-state index in [2.05, 4.69) is 10.6 Å². The van der Waals surface area contributed by atoms with E-state index in [4.69, 9.17) is 58.0 Å². The van der Waals surface area contributed by atoms with Gasteiger partial charge < -0.3 is 10.6 Å². The van der Waals surface area contributed by atoms with Crippen molar-refractivity contribution in [2.75, 3.05) is 10.6 Å². The summed E-state index contributed by atoms with van der Waals surface area (Å²) in [6.07, 6.45) is 0. The Morgan fingerprint density at radius 3 is 2.26 bits per heavy atom.